The summed E-state index contributed by atoms with van der Waals surface area (Å²) in [7, 11) is 0. The fraction of sp³-hybridized carbons (Fsp3) is 0.286. The van der Waals surface area contributed by atoms with Gasteiger partial charge in [0.2, 0.25) is 0 Å². The third-order valence-electron chi connectivity index (χ3n) is 1.21. The van der Waals surface area contributed by atoms with Crippen molar-refractivity contribution in [3.8, 4) is 0 Å². The predicted molar refractivity (Wildman–Crippen MR) is 34.7 cm³/mol. The molecule has 3 nitrogen and oxygen atoms in total. The van der Waals surface area contributed by atoms with Gasteiger partial charge < -0.3 is 4.42 Å². The minimum Gasteiger partial charge on any atom is -0.466 e. The van der Waals surface area contributed by atoms with Crippen LogP contribution in [0.15, 0.2) is 22.8 Å². The average molecular weight is 194 g/mol. The largest absolute Gasteiger partial charge is 0.523 e. The maximum absolute atomic E-state index is 11.7. The first-order chi connectivity index (χ1) is 6.03. The van der Waals surface area contributed by atoms with Gasteiger partial charge in [-0.15, -0.1) is 13.2 Å². The van der Waals surface area contributed by atoms with Crippen LogP contribution in [0.25, 0.3) is 0 Å². The molecule has 1 atom stereocenters. The molecule has 0 bridgehead atoms. The second kappa shape index (κ2) is 3.61. The van der Waals surface area contributed by atoms with Crippen molar-refractivity contribution in [2.75, 3.05) is 0 Å². The van der Waals surface area contributed by atoms with E-state index in [1.54, 1.807) is 0 Å². The molecule has 0 saturated carbocycles. The zero-order valence-electron chi connectivity index (χ0n) is 6.25. The van der Waals surface area contributed by atoms with E-state index in [1.807, 2.05) is 0 Å². The fourth-order valence-electron chi connectivity index (χ4n) is 0.750. The van der Waals surface area contributed by atoms with Crippen molar-refractivity contribution < 1.29 is 27.1 Å². The fourth-order valence-corrected chi connectivity index (χ4v) is 0.750. The van der Waals surface area contributed by atoms with Crippen LogP contribution in [0.1, 0.15) is 11.9 Å². The highest BCUT2D eigenvalue weighted by Crippen LogP contribution is 2.26. The van der Waals surface area contributed by atoms with Crippen LogP contribution < -0.4 is 0 Å². The number of aldehydes is 1. The number of carbonyl (C=O) groups is 1. The standard InChI is InChI=1S/C7H5F3O3/c8-7(9,10)13-6(4-11)5-2-1-3-12-5/h1-4,6H. The van der Waals surface area contributed by atoms with Crippen LogP contribution in [0.4, 0.5) is 13.2 Å². The van der Waals surface area contributed by atoms with Crippen LogP contribution in [-0.4, -0.2) is 12.6 Å². The number of hydrogen-bond acceptors (Lipinski definition) is 3. The Morgan fingerprint density at radius 2 is 2.23 bits per heavy atom. The van der Waals surface area contributed by atoms with Crippen LogP contribution in [0, 0.1) is 0 Å². The van der Waals surface area contributed by atoms with E-state index in [2.05, 4.69) is 9.15 Å². The first kappa shape index (κ1) is 9.79. The summed E-state index contributed by atoms with van der Waals surface area (Å²) in [6.07, 6.45) is -5.40. The molecule has 1 rings (SSSR count). The lowest BCUT2D eigenvalue weighted by atomic mass is 10.3. The van der Waals surface area contributed by atoms with Gasteiger partial charge in [0.25, 0.3) is 0 Å². The van der Waals surface area contributed by atoms with Crippen LogP contribution in [-0.2, 0) is 9.53 Å². The van der Waals surface area contributed by atoms with Crippen LogP contribution in [0.3, 0.4) is 0 Å². The van der Waals surface area contributed by atoms with Crippen molar-refractivity contribution in [3.05, 3.63) is 24.2 Å². The minimum atomic E-state index is -4.85. The number of ether oxygens (including phenoxy) is 1. The van der Waals surface area contributed by atoms with Crippen molar-refractivity contribution in [2.24, 2.45) is 0 Å². The molecule has 0 aliphatic rings. The molecular formula is C7H5F3O3. The summed E-state index contributed by atoms with van der Waals surface area (Å²) in [5.41, 5.74) is 0. The smallest absolute Gasteiger partial charge is 0.466 e. The lowest BCUT2D eigenvalue weighted by Crippen LogP contribution is -2.18. The highest BCUT2D eigenvalue weighted by Gasteiger charge is 2.35. The number of carbonyl (C=O) groups excluding carboxylic acids is 1. The lowest BCUT2D eigenvalue weighted by molar-refractivity contribution is -0.339. The van der Waals surface area contributed by atoms with E-state index in [-0.39, 0.29) is 12.0 Å². The van der Waals surface area contributed by atoms with Crippen molar-refractivity contribution in [1.82, 2.24) is 0 Å². The first-order valence-corrected chi connectivity index (χ1v) is 3.26. The van der Waals surface area contributed by atoms with Gasteiger partial charge in [-0.05, 0) is 12.1 Å². The van der Waals surface area contributed by atoms with Crippen molar-refractivity contribution in [1.29, 1.82) is 0 Å². The van der Waals surface area contributed by atoms with Gasteiger partial charge in [-0.2, -0.15) is 0 Å². The zero-order chi connectivity index (χ0) is 9.90. The zero-order valence-corrected chi connectivity index (χ0v) is 6.25. The summed E-state index contributed by atoms with van der Waals surface area (Å²) in [6, 6.07) is 2.59. The number of furan rings is 1. The third kappa shape index (κ3) is 2.90. The molecule has 0 amide bonds. The molecule has 1 aromatic rings. The Bertz CT molecular complexity index is 265. The highest BCUT2D eigenvalue weighted by molar-refractivity contribution is 5.58. The van der Waals surface area contributed by atoms with Gasteiger partial charge in [0.05, 0.1) is 6.26 Å². The molecule has 0 spiro atoms. The molecule has 6 heteroatoms. The van der Waals surface area contributed by atoms with E-state index in [9.17, 15) is 18.0 Å². The van der Waals surface area contributed by atoms with Gasteiger partial charge in [0.15, 0.2) is 12.4 Å². The van der Waals surface area contributed by atoms with Gasteiger partial charge in [-0.1, -0.05) is 0 Å². The lowest BCUT2D eigenvalue weighted by Gasteiger charge is -2.11. The normalized spacial score (nSPS) is 14.1. The maximum Gasteiger partial charge on any atom is 0.523 e. The van der Waals surface area contributed by atoms with E-state index < -0.39 is 12.5 Å². The Hall–Kier alpha value is -1.30. The van der Waals surface area contributed by atoms with E-state index >= 15 is 0 Å². The van der Waals surface area contributed by atoms with Gasteiger partial charge in [-0.25, -0.2) is 0 Å². The molecule has 0 aliphatic carbocycles. The number of hydrogen-bond donors (Lipinski definition) is 0. The Balaban J connectivity index is 2.70. The average Bonchev–Trinajstić information content (AvgIpc) is 2.50. The van der Waals surface area contributed by atoms with Crippen molar-refractivity contribution in [3.63, 3.8) is 0 Å². The predicted octanol–water partition coefficient (Wildman–Crippen LogP) is 2.06. The van der Waals surface area contributed by atoms with E-state index in [0.717, 1.165) is 6.26 Å². The van der Waals surface area contributed by atoms with Crippen LogP contribution in [0.5, 0.6) is 0 Å². The summed E-state index contributed by atoms with van der Waals surface area (Å²) < 4.78 is 43.0. The number of rotatable bonds is 3. The summed E-state index contributed by atoms with van der Waals surface area (Å²) in [5.74, 6) is -0.174. The first-order valence-electron chi connectivity index (χ1n) is 3.26. The summed E-state index contributed by atoms with van der Waals surface area (Å²) >= 11 is 0. The third-order valence-corrected chi connectivity index (χ3v) is 1.21. The van der Waals surface area contributed by atoms with E-state index in [0.29, 0.717) is 0 Å². The van der Waals surface area contributed by atoms with Crippen molar-refractivity contribution >= 4 is 6.29 Å². The molecule has 1 unspecified atom stereocenters. The Labute approximate surface area is 71.1 Å². The topological polar surface area (TPSA) is 39.4 Å². The van der Waals surface area contributed by atoms with Gasteiger partial charge in [0.1, 0.15) is 5.76 Å². The minimum absolute atomic E-state index is 0.0202. The number of alkyl halides is 3. The molecule has 13 heavy (non-hydrogen) atoms. The highest BCUT2D eigenvalue weighted by atomic mass is 19.4. The van der Waals surface area contributed by atoms with Crippen molar-refractivity contribution in [2.45, 2.75) is 12.5 Å². The summed E-state index contributed by atoms with van der Waals surface area (Å²) in [6.45, 7) is 0. The maximum atomic E-state index is 11.7. The molecule has 0 aliphatic heterocycles. The second-order valence-corrected chi connectivity index (χ2v) is 2.14. The quantitative estimate of drug-likeness (QED) is 0.691. The molecule has 0 aromatic carbocycles. The molecule has 0 radical (unpaired) electrons. The molecule has 1 aromatic heterocycles. The monoisotopic (exact) mass is 194 g/mol. The second-order valence-electron chi connectivity index (χ2n) is 2.14. The summed E-state index contributed by atoms with van der Waals surface area (Å²) in [4.78, 5) is 10.2. The van der Waals surface area contributed by atoms with Gasteiger partial charge in [0, 0.05) is 0 Å². The number of halogens is 3. The van der Waals surface area contributed by atoms with Crippen LogP contribution >= 0.6 is 0 Å². The van der Waals surface area contributed by atoms with Crippen LogP contribution in [0.2, 0.25) is 0 Å². The van der Waals surface area contributed by atoms with E-state index in [1.165, 1.54) is 12.1 Å². The molecular weight excluding hydrogens is 189 g/mol. The van der Waals surface area contributed by atoms with Gasteiger partial charge >= 0.3 is 6.36 Å². The SMILES string of the molecule is O=CC(OC(F)(F)F)c1ccco1. The Morgan fingerprint density at radius 1 is 1.54 bits per heavy atom. The molecule has 0 N–H and O–H groups in total. The summed E-state index contributed by atoms with van der Waals surface area (Å²) in [5, 5.41) is 0. The molecule has 72 valence electrons. The molecule has 0 saturated heterocycles. The Kier molecular flexibility index (Phi) is 2.72. The molecule has 0 fully saturated rings. The Morgan fingerprint density at radius 3 is 2.62 bits per heavy atom. The van der Waals surface area contributed by atoms with Gasteiger partial charge in [-0.3, -0.25) is 9.53 Å². The van der Waals surface area contributed by atoms with E-state index in [4.69, 9.17) is 0 Å². The molecule has 1 heterocycles.